The van der Waals surface area contributed by atoms with Crippen molar-refractivity contribution >= 4 is 28.7 Å². The van der Waals surface area contributed by atoms with Crippen LogP contribution in [0.15, 0.2) is 17.5 Å². The van der Waals surface area contributed by atoms with Gasteiger partial charge in [-0.3, -0.25) is 4.79 Å². The minimum atomic E-state index is -0.837. The van der Waals surface area contributed by atoms with E-state index in [0.717, 1.165) is 37.2 Å². The molecule has 0 saturated heterocycles. The Balaban J connectivity index is 1.81. The predicted octanol–water partition coefficient (Wildman–Crippen LogP) is 6.40. The summed E-state index contributed by atoms with van der Waals surface area (Å²) in [5, 5.41) is 14.7. The lowest BCUT2D eigenvalue weighted by Crippen LogP contribution is -2.03. The summed E-state index contributed by atoms with van der Waals surface area (Å²) in [6, 6.07) is 0. The number of unbranched alkanes of at least 4 members (excludes halogenated alkanes) is 12. The van der Waals surface area contributed by atoms with Gasteiger partial charge in [0.25, 0.3) is 0 Å². The van der Waals surface area contributed by atoms with Gasteiger partial charge in [-0.1, -0.05) is 57.1 Å². The molecule has 5 nitrogen and oxygen atoms in total. The van der Waals surface area contributed by atoms with Gasteiger partial charge in [0.2, 0.25) is 0 Å². The second-order valence-electron chi connectivity index (χ2n) is 7.53. The van der Waals surface area contributed by atoms with Crippen molar-refractivity contribution in [3.05, 3.63) is 23.2 Å². The number of allylic oxidation sites excluding steroid dienone is 2. The molecule has 0 amide bonds. The fourth-order valence-electron chi connectivity index (χ4n) is 3.17. The Morgan fingerprint density at radius 2 is 1.45 bits per heavy atom. The number of thiazole rings is 1. The molecule has 1 aromatic heterocycles. The highest BCUT2D eigenvalue weighted by Crippen LogP contribution is 2.16. The van der Waals surface area contributed by atoms with E-state index >= 15 is 0 Å². The molecule has 0 spiro atoms. The number of anilines is 1. The SMILES string of the molecule is O=CCCCCCCCC=CCCCCCCCCNc1nc(CC(=O)O)cs1. The Hall–Kier alpha value is -1.69. The summed E-state index contributed by atoms with van der Waals surface area (Å²) in [4.78, 5) is 25.1. The average Bonchev–Trinajstić information content (AvgIpc) is 3.13. The van der Waals surface area contributed by atoms with Gasteiger partial charge in [-0.05, 0) is 38.5 Å². The molecule has 0 aromatic carbocycles. The van der Waals surface area contributed by atoms with Crippen LogP contribution in [-0.4, -0.2) is 28.9 Å². The normalized spacial score (nSPS) is 11.2. The van der Waals surface area contributed by atoms with Crippen LogP contribution in [0.3, 0.4) is 0 Å². The molecule has 0 fully saturated rings. The average molecular weight is 423 g/mol. The Labute approximate surface area is 180 Å². The molecule has 1 aromatic rings. The molecular weight excluding hydrogens is 384 g/mol. The van der Waals surface area contributed by atoms with Crippen LogP contribution in [0, 0.1) is 0 Å². The van der Waals surface area contributed by atoms with Crippen molar-refractivity contribution < 1.29 is 14.7 Å². The third-order valence-electron chi connectivity index (χ3n) is 4.82. The topological polar surface area (TPSA) is 79.3 Å². The lowest BCUT2D eigenvalue weighted by Gasteiger charge is -2.03. The van der Waals surface area contributed by atoms with E-state index in [-0.39, 0.29) is 6.42 Å². The number of aliphatic carboxylic acids is 1. The number of aromatic nitrogens is 1. The molecule has 2 N–H and O–H groups in total. The Kier molecular flexibility index (Phi) is 16.0. The molecule has 0 atom stereocenters. The van der Waals surface area contributed by atoms with E-state index in [9.17, 15) is 9.59 Å². The number of carboxylic acids is 1. The molecule has 1 rings (SSSR count). The first-order chi connectivity index (χ1) is 14.2. The zero-order valence-corrected chi connectivity index (χ0v) is 18.6. The third-order valence-corrected chi connectivity index (χ3v) is 5.67. The second-order valence-corrected chi connectivity index (χ2v) is 8.39. The van der Waals surface area contributed by atoms with Crippen molar-refractivity contribution in [1.82, 2.24) is 4.98 Å². The largest absolute Gasteiger partial charge is 0.481 e. The molecule has 29 heavy (non-hydrogen) atoms. The Morgan fingerprint density at radius 1 is 0.897 bits per heavy atom. The summed E-state index contributed by atoms with van der Waals surface area (Å²) in [7, 11) is 0. The number of hydrogen-bond acceptors (Lipinski definition) is 5. The summed E-state index contributed by atoms with van der Waals surface area (Å²) in [5.41, 5.74) is 0.630. The van der Waals surface area contributed by atoms with Gasteiger partial charge in [-0.25, -0.2) is 4.98 Å². The molecule has 0 aliphatic carbocycles. The monoisotopic (exact) mass is 422 g/mol. The van der Waals surface area contributed by atoms with Crippen molar-refractivity contribution in [3.8, 4) is 0 Å². The zero-order valence-electron chi connectivity index (χ0n) is 17.7. The van der Waals surface area contributed by atoms with E-state index < -0.39 is 5.97 Å². The highest BCUT2D eigenvalue weighted by Gasteiger charge is 2.05. The lowest BCUT2D eigenvalue weighted by molar-refractivity contribution is -0.136. The molecule has 0 radical (unpaired) electrons. The number of nitrogens with one attached hydrogen (secondary N) is 1. The maximum Gasteiger partial charge on any atom is 0.309 e. The van der Waals surface area contributed by atoms with Crippen molar-refractivity contribution in [2.24, 2.45) is 0 Å². The van der Waals surface area contributed by atoms with Crippen LogP contribution in [0.25, 0.3) is 0 Å². The molecule has 0 aliphatic heterocycles. The van der Waals surface area contributed by atoms with Crippen LogP contribution in [0.5, 0.6) is 0 Å². The van der Waals surface area contributed by atoms with Crippen LogP contribution in [0.4, 0.5) is 5.13 Å². The maximum absolute atomic E-state index is 10.6. The highest BCUT2D eigenvalue weighted by molar-refractivity contribution is 7.13. The molecule has 0 saturated carbocycles. The smallest absolute Gasteiger partial charge is 0.309 e. The summed E-state index contributed by atoms with van der Waals surface area (Å²) in [6.07, 6.45) is 22.4. The van der Waals surface area contributed by atoms with Crippen molar-refractivity contribution in [2.75, 3.05) is 11.9 Å². The van der Waals surface area contributed by atoms with E-state index in [2.05, 4.69) is 22.5 Å². The van der Waals surface area contributed by atoms with E-state index in [0.29, 0.717) is 5.69 Å². The fourth-order valence-corrected chi connectivity index (χ4v) is 3.91. The van der Waals surface area contributed by atoms with Crippen LogP contribution in [-0.2, 0) is 16.0 Å². The Morgan fingerprint density at radius 3 is 2.03 bits per heavy atom. The Bertz CT molecular complexity index is 572. The van der Waals surface area contributed by atoms with Crippen LogP contribution in [0.2, 0.25) is 0 Å². The maximum atomic E-state index is 10.6. The number of nitrogens with zero attached hydrogens (tertiary/aromatic N) is 1. The third kappa shape index (κ3) is 15.9. The first-order valence-corrected chi connectivity index (χ1v) is 12.1. The summed E-state index contributed by atoms with van der Waals surface area (Å²) in [5.74, 6) is -0.837. The predicted molar refractivity (Wildman–Crippen MR) is 122 cm³/mol. The highest BCUT2D eigenvalue weighted by atomic mass is 32.1. The van der Waals surface area contributed by atoms with Gasteiger partial charge in [0.15, 0.2) is 5.13 Å². The summed E-state index contributed by atoms with van der Waals surface area (Å²) in [6.45, 7) is 0.903. The van der Waals surface area contributed by atoms with E-state index in [1.165, 1.54) is 82.0 Å². The van der Waals surface area contributed by atoms with E-state index in [4.69, 9.17) is 5.11 Å². The first kappa shape index (κ1) is 25.3. The standard InChI is InChI=1S/C23H38N2O3S/c26-18-16-14-12-10-8-6-4-2-1-3-5-7-9-11-13-15-17-24-23-25-21(20-29-23)19-22(27)28/h1-2,18,20H,3-17,19H2,(H,24,25)(H,27,28). The van der Waals surface area contributed by atoms with Gasteiger partial charge >= 0.3 is 5.97 Å². The molecule has 0 aliphatic rings. The minimum absolute atomic E-state index is 0.00318. The molecule has 1 heterocycles. The van der Waals surface area contributed by atoms with Gasteiger partial charge in [0, 0.05) is 18.3 Å². The summed E-state index contributed by atoms with van der Waals surface area (Å²) >= 11 is 1.48. The van der Waals surface area contributed by atoms with E-state index in [1.807, 2.05) is 5.38 Å². The zero-order chi connectivity index (χ0) is 21.0. The number of carbonyl (C=O) groups is 2. The molecule has 164 valence electrons. The van der Waals surface area contributed by atoms with Crippen molar-refractivity contribution in [1.29, 1.82) is 0 Å². The number of carboxylic acid groups (broad SMARTS) is 1. The van der Waals surface area contributed by atoms with E-state index in [1.54, 1.807) is 0 Å². The molecule has 0 unspecified atom stereocenters. The van der Waals surface area contributed by atoms with Gasteiger partial charge in [-0.15, -0.1) is 11.3 Å². The first-order valence-electron chi connectivity index (χ1n) is 11.2. The fraction of sp³-hybridized carbons (Fsp3) is 0.696. The number of rotatable bonds is 20. The molecule has 6 heteroatoms. The van der Waals surface area contributed by atoms with Crippen LogP contribution in [0.1, 0.15) is 95.6 Å². The number of hydrogen-bond donors (Lipinski definition) is 2. The molecular formula is C23H38N2O3S. The summed E-state index contributed by atoms with van der Waals surface area (Å²) < 4.78 is 0. The quantitative estimate of drug-likeness (QED) is 0.144. The second kappa shape index (κ2) is 18.3. The van der Waals surface area contributed by atoms with Gasteiger partial charge in [0.05, 0.1) is 12.1 Å². The van der Waals surface area contributed by atoms with Gasteiger partial charge in [0.1, 0.15) is 6.29 Å². The van der Waals surface area contributed by atoms with Crippen LogP contribution >= 0.6 is 11.3 Å². The number of carbonyl (C=O) groups excluding carboxylic acids is 1. The minimum Gasteiger partial charge on any atom is -0.481 e. The molecule has 0 bridgehead atoms. The van der Waals surface area contributed by atoms with Crippen molar-refractivity contribution in [3.63, 3.8) is 0 Å². The lowest BCUT2D eigenvalue weighted by atomic mass is 10.1. The van der Waals surface area contributed by atoms with Gasteiger partial charge in [-0.2, -0.15) is 0 Å². The van der Waals surface area contributed by atoms with Crippen LogP contribution < -0.4 is 5.32 Å². The number of aldehydes is 1. The van der Waals surface area contributed by atoms with Gasteiger partial charge < -0.3 is 15.2 Å². The van der Waals surface area contributed by atoms with Crippen molar-refractivity contribution in [2.45, 2.75) is 96.3 Å².